The smallest absolute Gasteiger partial charge is 0.243 e. The van der Waals surface area contributed by atoms with Gasteiger partial charge < -0.3 is 15.3 Å². The van der Waals surface area contributed by atoms with Crippen molar-refractivity contribution in [2.75, 3.05) is 41.9 Å². The molecular formula is C12H25N7O. The first-order valence-electron chi connectivity index (χ1n) is 7.07. The molecule has 0 fully saturated rings. The third kappa shape index (κ3) is 5.14. The predicted octanol–water partition coefficient (Wildman–Crippen LogP) is 0.578. The fraction of sp³-hybridized carbons (Fsp3) is 0.750. The Morgan fingerprint density at radius 1 is 1.05 bits per heavy atom. The van der Waals surface area contributed by atoms with E-state index in [-0.39, 0.29) is 6.61 Å². The van der Waals surface area contributed by atoms with Crippen molar-refractivity contribution in [2.24, 2.45) is 5.84 Å². The van der Waals surface area contributed by atoms with Gasteiger partial charge >= 0.3 is 0 Å². The lowest BCUT2D eigenvalue weighted by Gasteiger charge is -2.19. The monoisotopic (exact) mass is 283 g/mol. The van der Waals surface area contributed by atoms with Crippen molar-refractivity contribution in [3.05, 3.63) is 0 Å². The maximum absolute atomic E-state index is 8.72. The van der Waals surface area contributed by atoms with Crippen LogP contribution in [0.2, 0.25) is 0 Å². The van der Waals surface area contributed by atoms with E-state index in [0.29, 0.717) is 17.8 Å². The lowest BCUT2D eigenvalue weighted by atomic mass is 10.2. The molecule has 0 aromatic carbocycles. The molecule has 1 rings (SSSR count). The van der Waals surface area contributed by atoms with Gasteiger partial charge in [0.25, 0.3) is 0 Å². The van der Waals surface area contributed by atoms with E-state index >= 15 is 0 Å². The van der Waals surface area contributed by atoms with Crippen LogP contribution in [-0.4, -0.2) is 46.3 Å². The second-order valence-corrected chi connectivity index (χ2v) is 4.31. The molecule has 0 saturated carbocycles. The largest absolute Gasteiger partial charge is 0.396 e. The van der Waals surface area contributed by atoms with Gasteiger partial charge in [-0.1, -0.05) is 0 Å². The Hall–Kier alpha value is -1.67. The van der Waals surface area contributed by atoms with Crippen molar-refractivity contribution < 1.29 is 5.11 Å². The molecule has 114 valence electrons. The highest BCUT2D eigenvalue weighted by Gasteiger charge is 2.10. The summed E-state index contributed by atoms with van der Waals surface area (Å²) in [4.78, 5) is 14.8. The van der Waals surface area contributed by atoms with Gasteiger partial charge in [-0.05, 0) is 33.1 Å². The Morgan fingerprint density at radius 3 is 2.35 bits per heavy atom. The second-order valence-electron chi connectivity index (χ2n) is 4.31. The van der Waals surface area contributed by atoms with Gasteiger partial charge in [0, 0.05) is 26.2 Å². The van der Waals surface area contributed by atoms with Crippen molar-refractivity contribution >= 4 is 17.8 Å². The molecule has 0 unspecified atom stereocenters. The summed E-state index contributed by atoms with van der Waals surface area (Å²) in [5.41, 5.74) is 2.46. The number of nitrogens with two attached hydrogens (primary N) is 1. The molecule has 1 heterocycles. The highest BCUT2D eigenvalue weighted by atomic mass is 16.2. The molecule has 0 aliphatic rings. The van der Waals surface area contributed by atoms with E-state index in [1.165, 1.54) is 0 Å². The average molecular weight is 283 g/mol. The third-order valence-electron chi connectivity index (χ3n) is 2.92. The fourth-order valence-corrected chi connectivity index (χ4v) is 1.77. The van der Waals surface area contributed by atoms with Crippen molar-refractivity contribution in [1.82, 2.24) is 15.0 Å². The van der Waals surface area contributed by atoms with Crippen LogP contribution in [-0.2, 0) is 0 Å². The van der Waals surface area contributed by atoms with E-state index in [2.05, 4.69) is 25.7 Å². The van der Waals surface area contributed by atoms with Crippen LogP contribution in [0.3, 0.4) is 0 Å². The number of aliphatic hydroxyl groups excluding tert-OH is 1. The Kier molecular flexibility index (Phi) is 7.59. The van der Waals surface area contributed by atoms with Gasteiger partial charge in [-0.25, -0.2) is 5.84 Å². The molecule has 0 aliphatic heterocycles. The van der Waals surface area contributed by atoms with Gasteiger partial charge in [0.2, 0.25) is 17.8 Å². The first-order chi connectivity index (χ1) is 9.74. The molecule has 0 radical (unpaired) electrons. The van der Waals surface area contributed by atoms with E-state index in [1.54, 1.807) is 0 Å². The Labute approximate surface area is 119 Å². The predicted molar refractivity (Wildman–Crippen MR) is 80.6 cm³/mol. The molecule has 5 N–H and O–H groups in total. The van der Waals surface area contributed by atoms with E-state index in [0.717, 1.165) is 38.9 Å². The van der Waals surface area contributed by atoms with Gasteiger partial charge in [-0.2, -0.15) is 15.0 Å². The van der Waals surface area contributed by atoms with Crippen LogP contribution in [0.15, 0.2) is 0 Å². The van der Waals surface area contributed by atoms with Crippen LogP contribution in [0.25, 0.3) is 0 Å². The van der Waals surface area contributed by atoms with Gasteiger partial charge in [0.1, 0.15) is 0 Å². The summed E-state index contributed by atoms with van der Waals surface area (Å²) >= 11 is 0. The number of nitrogens with zero attached hydrogens (tertiary/aromatic N) is 4. The summed E-state index contributed by atoms with van der Waals surface area (Å²) in [6.07, 6.45) is 2.75. The summed E-state index contributed by atoms with van der Waals surface area (Å²) in [7, 11) is 0. The van der Waals surface area contributed by atoms with Crippen LogP contribution in [0.5, 0.6) is 0 Å². The SMILES string of the molecule is CCN(CC)c1nc(NN)nc(NCCCCCO)n1. The van der Waals surface area contributed by atoms with Gasteiger partial charge in [-0.15, -0.1) is 0 Å². The minimum absolute atomic E-state index is 0.235. The van der Waals surface area contributed by atoms with Gasteiger partial charge in [-0.3, -0.25) is 5.43 Å². The Bertz CT molecular complexity index is 384. The quantitative estimate of drug-likeness (QED) is 0.280. The van der Waals surface area contributed by atoms with Crippen LogP contribution in [0.4, 0.5) is 17.8 Å². The molecule has 0 saturated heterocycles. The van der Waals surface area contributed by atoms with Crippen molar-refractivity contribution in [2.45, 2.75) is 33.1 Å². The third-order valence-corrected chi connectivity index (χ3v) is 2.92. The number of aliphatic hydroxyl groups is 1. The zero-order valence-corrected chi connectivity index (χ0v) is 12.3. The van der Waals surface area contributed by atoms with E-state index in [4.69, 9.17) is 10.9 Å². The summed E-state index contributed by atoms with van der Waals surface area (Å²) in [6.45, 7) is 6.72. The molecule has 1 aromatic rings. The zero-order chi connectivity index (χ0) is 14.8. The normalized spacial score (nSPS) is 10.4. The molecule has 0 atom stereocenters. The number of hydrazine groups is 1. The second kappa shape index (κ2) is 9.27. The lowest BCUT2D eigenvalue weighted by molar-refractivity contribution is 0.283. The molecule has 20 heavy (non-hydrogen) atoms. The van der Waals surface area contributed by atoms with Crippen molar-refractivity contribution in [3.63, 3.8) is 0 Å². The van der Waals surface area contributed by atoms with Crippen LogP contribution in [0, 0.1) is 0 Å². The van der Waals surface area contributed by atoms with Crippen LogP contribution in [0.1, 0.15) is 33.1 Å². The molecule has 0 aliphatic carbocycles. The first-order valence-corrected chi connectivity index (χ1v) is 7.07. The van der Waals surface area contributed by atoms with E-state index < -0.39 is 0 Å². The van der Waals surface area contributed by atoms with E-state index in [9.17, 15) is 0 Å². The number of unbranched alkanes of at least 4 members (excludes halogenated alkanes) is 2. The first kappa shape index (κ1) is 16.4. The number of aromatic nitrogens is 3. The molecular weight excluding hydrogens is 258 g/mol. The number of nitrogen functional groups attached to an aromatic ring is 1. The number of nitrogens with one attached hydrogen (secondary N) is 2. The number of rotatable bonds is 10. The molecule has 0 bridgehead atoms. The van der Waals surface area contributed by atoms with Gasteiger partial charge in [0.05, 0.1) is 0 Å². The van der Waals surface area contributed by atoms with Crippen molar-refractivity contribution in [1.29, 1.82) is 0 Å². The van der Waals surface area contributed by atoms with Crippen LogP contribution >= 0.6 is 0 Å². The average Bonchev–Trinajstić information content (AvgIpc) is 2.48. The zero-order valence-electron chi connectivity index (χ0n) is 12.3. The number of hydrogen-bond donors (Lipinski definition) is 4. The number of hydrogen-bond acceptors (Lipinski definition) is 8. The molecule has 0 spiro atoms. The Balaban J connectivity index is 2.67. The van der Waals surface area contributed by atoms with Crippen molar-refractivity contribution in [3.8, 4) is 0 Å². The Morgan fingerprint density at radius 2 is 1.75 bits per heavy atom. The topological polar surface area (TPSA) is 112 Å². The summed E-state index contributed by atoms with van der Waals surface area (Å²) in [5, 5.41) is 11.9. The maximum atomic E-state index is 8.72. The molecule has 0 amide bonds. The standard InChI is InChI=1S/C12H25N7O/c1-3-19(4-2)12-16-10(15-11(17-12)18-13)14-8-6-5-7-9-20/h20H,3-9,13H2,1-2H3,(H2,14,15,16,17,18). The number of anilines is 3. The summed E-state index contributed by atoms with van der Waals surface area (Å²) in [5.74, 6) is 6.86. The lowest BCUT2D eigenvalue weighted by Crippen LogP contribution is -2.26. The maximum Gasteiger partial charge on any atom is 0.243 e. The highest BCUT2D eigenvalue weighted by molar-refractivity contribution is 5.43. The molecule has 8 heteroatoms. The highest BCUT2D eigenvalue weighted by Crippen LogP contribution is 2.12. The summed E-state index contributed by atoms with van der Waals surface area (Å²) < 4.78 is 0. The fourth-order valence-electron chi connectivity index (χ4n) is 1.77. The van der Waals surface area contributed by atoms with E-state index in [1.807, 2.05) is 18.7 Å². The summed E-state index contributed by atoms with van der Waals surface area (Å²) in [6, 6.07) is 0. The molecule has 1 aromatic heterocycles. The minimum Gasteiger partial charge on any atom is -0.396 e. The van der Waals surface area contributed by atoms with Crippen LogP contribution < -0.4 is 21.5 Å². The van der Waals surface area contributed by atoms with Gasteiger partial charge in [0.15, 0.2) is 0 Å². The molecule has 8 nitrogen and oxygen atoms in total. The minimum atomic E-state index is 0.235.